The third-order valence-electron chi connectivity index (χ3n) is 4.53. The summed E-state index contributed by atoms with van der Waals surface area (Å²) in [5, 5.41) is 11.3. The largest absolute Gasteiger partial charge is 0.486 e. The zero-order valence-corrected chi connectivity index (χ0v) is 14.4. The zero-order valence-electron chi connectivity index (χ0n) is 14.4. The van der Waals surface area contributed by atoms with Gasteiger partial charge in [0.25, 0.3) is 11.6 Å². The predicted molar refractivity (Wildman–Crippen MR) is 89.4 cm³/mol. The number of fused-ring (bicyclic) bond motifs is 1. The molecule has 0 aliphatic carbocycles. The summed E-state index contributed by atoms with van der Waals surface area (Å²) in [7, 11) is 0. The van der Waals surface area contributed by atoms with Gasteiger partial charge in [-0.25, -0.2) is 4.79 Å². The molecule has 1 saturated heterocycles. The van der Waals surface area contributed by atoms with Crippen molar-refractivity contribution in [1.82, 2.24) is 4.90 Å². The van der Waals surface area contributed by atoms with Crippen LogP contribution >= 0.6 is 0 Å². The summed E-state index contributed by atoms with van der Waals surface area (Å²) in [6, 6.07) is 2.46. The van der Waals surface area contributed by atoms with Gasteiger partial charge in [0.15, 0.2) is 18.1 Å². The Morgan fingerprint density at radius 3 is 2.62 bits per heavy atom. The van der Waals surface area contributed by atoms with E-state index in [1.165, 1.54) is 6.07 Å². The molecule has 140 valence electrons. The lowest BCUT2D eigenvalue weighted by molar-refractivity contribution is -0.385. The van der Waals surface area contributed by atoms with E-state index in [1.54, 1.807) is 4.90 Å². The van der Waals surface area contributed by atoms with Crippen molar-refractivity contribution in [3.63, 3.8) is 0 Å². The molecular weight excluding hydrogens is 344 g/mol. The summed E-state index contributed by atoms with van der Waals surface area (Å²) in [6.45, 7) is 2.68. The predicted octanol–water partition coefficient (Wildman–Crippen LogP) is 1.92. The number of benzene rings is 1. The molecule has 1 aromatic rings. The molecule has 1 fully saturated rings. The van der Waals surface area contributed by atoms with Gasteiger partial charge in [-0.15, -0.1) is 0 Å². The fourth-order valence-corrected chi connectivity index (χ4v) is 3.15. The van der Waals surface area contributed by atoms with Gasteiger partial charge < -0.3 is 19.1 Å². The quantitative estimate of drug-likeness (QED) is 0.456. The third kappa shape index (κ3) is 3.71. The van der Waals surface area contributed by atoms with Crippen LogP contribution in [0.5, 0.6) is 11.5 Å². The lowest BCUT2D eigenvalue weighted by atomic mass is 10.0. The molecule has 0 bridgehead atoms. The number of amides is 1. The van der Waals surface area contributed by atoms with Crippen LogP contribution in [0.4, 0.5) is 5.69 Å². The number of piperidine rings is 1. The lowest BCUT2D eigenvalue weighted by Gasteiger charge is -2.33. The van der Waals surface area contributed by atoms with Crippen molar-refractivity contribution < 1.29 is 28.7 Å². The van der Waals surface area contributed by atoms with Crippen molar-refractivity contribution in [1.29, 1.82) is 0 Å². The minimum Gasteiger partial charge on any atom is -0.486 e. The Morgan fingerprint density at radius 2 is 1.96 bits per heavy atom. The van der Waals surface area contributed by atoms with E-state index in [2.05, 4.69) is 0 Å². The highest BCUT2D eigenvalue weighted by atomic mass is 16.6. The summed E-state index contributed by atoms with van der Waals surface area (Å²) in [6.07, 6.45) is 2.89. The smallest absolute Gasteiger partial charge is 0.345 e. The number of carbonyl (C=O) groups excluding carboxylic acids is 2. The second-order valence-electron chi connectivity index (χ2n) is 6.28. The van der Waals surface area contributed by atoms with Gasteiger partial charge in [0.1, 0.15) is 18.8 Å². The highest BCUT2D eigenvalue weighted by Crippen LogP contribution is 2.36. The van der Waals surface area contributed by atoms with Crippen LogP contribution in [0.1, 0.15) is 36.5 Å². The molecule has 0 saturated carbocycles. The molecule has 26 heavy (non-hydrogen) atoms. The highest BCUT2D eigenvalue weighted by Gasteiger charge is 2.29. The van der Waals surface area contributed by atoms with Gasteiger partial charge in [-0.2, -0.15) is 0 Å². The number of nitro groups is 1. The van der Waals surface area contributed by atoms with E-state index in [9.17, 15) is 19.7 Å². The molecule has 0 unspecified atom stereocenters. The average Bonchev–Trinajstić information content (AvgIpc) is 2.65. The Morgan fingerprint density at radius 1 is 1.27 bits per heavy atom. The highest BCUT2D eigenvalue weighted by molar-refractivity contribution is 5.96. The standard InChI is InChI=1S/C17H20N2O7/c1-11-4-2-3-5-18(11)16(20)10-26-17(21)12-8-14-15(25-7-6-24-14)9-13(12)19(22)23/h8-9,11H,2-7,10H2,1H3/t11-/m1/s1. The van der Waals surface area contributed by atoms with E-state index in [4.69, 9.17) is 14.2 Å². The van der Waals surface area contributed by atoms with Crippen molar-refractivity contribution in [2.24, 2.45) is 0 Å². The van der Waals surface area contributed by atoms with Crippen LogP contribution in [0.2, 0.25) is 0 Å². The normalized spacial score (nSPS) is 19.0. The van der Waals surface area contributed by atoms with Crippen LogP contribution in [0.25, 0.3) is 0 Å². The number of nitro benzene ring substituents is 1. The van der Waals surface area contributed by atoms with E-state index < -0.39 is 23.2 Å². The molecule has 1 aromatic carbocycles. The third-order valence-corrected chi connectivity index (χ3v) is 4.53. The molecule has 0 aromatic heterocycles. The minimum atomic E-state index is -0.938. The topological polar surface area (TPSA) is 108 Å². The minimum absolute atomic E-state index is 0.0959. The van der Waals surface area contributed by atoms with Gasteiger partial charge in [-0.1, -0.05) is 0 Å². The van der Waals surface area contributed by atoms with Gasteiger partial charge in [0, 0.05) is 18.7 Å². The van der Waals surface area contributed by atoms with Gasteiger partial charge in [0.2, 0.25) is 0 Å². The molecule has 1 amide bonds. The monoisotopic (exact) mass is 364 g/mol. The van der Waals surface area contributed by atoms with Crippen LogP contribution < -0.4 is 9.47 Å². The van der Waals surface area contributed by atoms with Crippen molar-refractivity contribution >= 4 is 17.6 Å². The molecule has 2 aliphatic heterocycles. The number of hydrogen-bond acceptors (Lipinski definition) is 7. The zero-order chi connectivity index (χ0) is 18.7. The summed E-state index contributed by atoms with van der Waals surface area (Å²) < 4.78 is 15.7. The Bertz CT molecular complexity index is 734. The Kier molecular flexibility index (Phi) is 5.24. The molecule has 0 radical (unpaired) electrons. The summed E-state index contributed by atoms with van der Waals surface area (Å²) in [5.74, 6) is -0.792. The first-order valence-corrected chi connectivity index (χ1v) is 8.52. The first-order chi connectivity index (χ1) is 12.5. The second kappa shape index (κ2) is 7.59. The van der Waals surface area contributed by atoms with Crippen LogP contribution in [-0.4, -0.2) is 54.1 Å². The maximum atomic E-state index is 12.3. The fourth-order valence-electron chi connectivity index (χ4n) is 3.15. The summed E-state index contributed by atoms with van der Waals surface area (Å²) in [5.41, 5.74) is -0.711. The number of carbonyl (C=O) groups is 2. The van der Waals surface area contributed by atoms with E-state index in [0.717, 1.165) is 25.3 Å². The first-order valence-electron chi connectivity index (χ1n) is 8.52. The summed E-state index contributed by atoms with van der Waals surface area (Å²) in [4.78, 5) is 36.8. The lowest BCUT2D eigenvalue weighted by Crippen LogP contribution is -2.44. The maximum Gasteiger partial charge on any atom is 0.345 e. The van der Waals surface area contributed by atoms with Crippen molar-refractivity contribution in [2.75, 3.05) is 26.4 Å². The molecule has 9 nitrogen and oxygen atoms in total. The molecule has 2 aliphatic rings. The van der Waals surface area contributed by atoms with Crippen LogP contribution in [0, 0.1) is 10.1 Å². The van der Waals surface area contributed by atoms with Crippen LogP contribution in [0.15, 0.2) is 12.1 Å². The molecule has 2 heterocycles. The van der Waals surface area contributed by atoms with Crippen LogP contribution in [0.3, 0.4) is 0 Å². The fraction of sp³-hybridized carbons (Fsp3) is 0.529. The van der Waals surface area contributed by atoms with E-state index >= 15 is 0 Å². The molecular formula is C17H20N2O7. The van der Waals surface area contributed by atoms with Crippen molar-refractivity contribution in [2.45, 2.75) is 32.2 Å². The Balaban J connectivity index is 1.72. The van der Waals surface area contributed by atoms with E-state index in [-0.39, 0.29) is 42.2 Å². The second-order valence-corrected chi connectivity index (χ2v) is 6.28. The first kappa shape index (κ1) is 18.0. The van der Waals surface area contributed by atoms with E-state index in [1.807, 2.05) is 6.92 Å². The number of hydrogen-bond donors (Lipinski definition) is 0. The molecule has 0 spiro atoms. The van der Waals surface area contributed by atoms with Gasteiger partial charge in [-0.05, 0) is 26.2 Å². The Labute approximate surface area is 150 Å². The molecule has 3 rings (SSSR count). The van der Waals surface area contributed by atoms with Crippen LogP contribution in [-0.2, 0) is 9.53 Å². The van der Waals surface area contributed by atoms with Gasteiger partial charge in [-0.3, -0.25) is 14.9 Å². The number of nitrogens with zero attached hydrogens (tertiary/aromatic N) is 2. The van der Waals surface area contributed by atoms with Gasteiger partial charge >= 0.3 is 5.97 Å². The van der Waals surface area contributed by atoms with Crippen molar-refractivity contribution in [3.8, 4) is 11.5 Å². The van der Waals surface area contributed by atoms with Crippen molar-refractivity contribution in [3.05, 3.63) is 27.8 Å². The number of likely N-dealkylation sites (tertiary alicyclic amines) is 1. The van der Waals surface area contributed by atoms with Gasteiger partial charge in [0.05, 0.1) is 11.0 Å². The number of ether oxygens (including phenoxy) is 3. The molecule has 0 N–H and O–H groups in total. The number of rotatable bonds is 4. The number of esters is 1. The van der Waals surface area contributed by atoms with E-state index in [0.29, 0.717) is 6.54 Å². The SMILES string of the molecule is C[C@@H]1CCCCN1C(=O)COC(=O)c1cc2c(cc1[N+](=O)[O-])OCCO2. The summed E-state index contributed by atoms with van der Waals surface area (Å²) >= 11 is 0. The molecule has 1 atom stereocenters. The average molecular weight is 364 g/mol. The Hall–Kier alpha value is -2.84. The molecule has 9 heteroatoms. The maximum absolute atomic E-state index is 12.3.